The van der Waals surface area contributed by atoms with E-state index in [1.54, 1.807) is 48.7 Å². The Hall–Kier alpha value is -4.07. The first-order valence-electron chi connectivity index (χ1n) is 11.2. The van der Waals surface area contributed by atoms with Gasteiger partial charge in [-0.1, -0.05) is 18.2 Å². The third-order valence-electron chi connectivity index (χ3n) is 6.45. The number of amides is 1. The van der Waals surface area contributed by atoms with Gasteiger partial charge in [0.2, 0.25) is 0 Å². The molecule has 1 aliphatic carbocycles. The maximum absolute atomic E-state index is 13.7. The molecule has 2 N–H and O–H groups in total. The summed E-state index contributed by atoms with van der Waals surface area (Å²) >= 11 is 0. The predicted molar refractivity (Wildman–Crippen MR) is 125 cm³/mol. The molecule has 172 valence electrons. The number of carboxylic acids is 1. The molecule has 34 heavy (non-hydrogen) atoms. The van der Waals surface area contributed by atoms with Crippen LogP contribution < -0.4 is 10.9 Å². The van der Waals surface area contributed by atoms with Gasteiger partial charge in [0, 0.05) is 12.2 Å². The lowest BCUT2D eigenvalue weighted by molar-refractivity contribution is -0.142. The standard InChI is InChI=1S/C26H22FN3O4/c27-18-4-1-3-16(13-18)17-8-11-22-21(14-17)25(32)30-12-2-5-20(23(30)29-22)24(31)28-19-9-6-15(7-10-19)26(33)34/h1-5,8,11-15,19H,6-7,9-10H2,(H,28,31)(H,33,34)/t15-,19+. The van der Waals surface area contributed by atoms with Crippen molar-refractivity contribution in [1.29, 1.82) is 0 Å². The van der Waals surface area contributed by atoms with Crippen molar-refractivity contribution < 1.29 is 19.1 Å². The van der Waals surface area contributed by atoms with Crippen LogP contribution in [0.25, 0.3) is 27.7 Å². The van der Waals surface area contributed by atoms with Gasteiger partial charge in [-0.25, -0.2) is 9.37 Å². The third kappa shape index (κ3) is 4.03. The van der Waals surface area contributed by atoms with Crippen LogP contribution in [0, 0.1) is 11.7 Å². The summed E-state index contributed by atoms with van der Waals surface area (Å²) in [5.41, 5.74) is 1.97. The summed E-state index contributed by atoms with van der Waals surface area (Å²) in [4.78, 5) is 42.1. The van der Waals surface area contributed by atoms with E-state index in [4.69, 9.17) is 5.11 Å². The molecule has 1 fully saturated rings. The summed E-state index contributed by atoms with van der Waals surface area (Å²) in [5.74, 6) is -1.87. The van der Waals surface area contributed by atoms with Crippen molar-refractivity contribution in [3.8, 4) is 11.1 Å². The fourth-order valence-electron chi connectivity index (χ4n) is 4.60. The molecule has 0 radical (unpaired) electrons. The van der Waals surface area contributed by atoms with Crippen molar-refractivity contribution in [3.63, 3.8) is 0 Å². The molecule has 7 nitrogen and oxygen atoms in total. The molecule has 1 saturated carbocycles. The van der Waals surface area contributed by atoms with E-state index in [1.165, 1.54) is 16.5 Å². The highest BCUT2D eigenvalue weighted by Gasteiger charge is 2.27. The monoisotopic (exact) mass is 459 g/mol. The van der Waals surface area contributed by atoms with Gasteiger partial charge in [-0.15, -0.1) is 0 Å². The maximum atomic E-state index is 13.7. The third-order valence-corrected chi connectivity index (χ3v) is 6.45. The predicted octanol–water partition coefficient (Wildman–Crippen LogP) is 4.03. The van der Waals surface area contributed by atoms with E-state index in [0.717, 1.165) is 0 Å². The Morgan fingerprint density at radius 1 is 1.00 bits per heavy atom. The molecule has 8 heteroatoms. The zero-order valence-electron chi connectivity index (χ0n) is 18.2. The summed E-state index contributed by atoms with van der Waals surface area (Å²) in [6.45, 7) is 0. The molecule has 0 unspecified atom stereocenters. The lowest BCUT2D eigenvalue weighted by Crippen LogP contribution is -2.39. The average Bonchev–Trinajstić information content (AvgIpc) is 2.84. The fourth-order valence-corrected chi connectivity index (χ4v) is 4.60. The van der Waals surface area contributed by atoms with E-state index in [9.17, 15) is 18.8 Å². The summed E-state index contributed by atoms with van der Waals surface area (Å²) < 4.78 is 15.0. The van der Waals surface area contributed by atoms with E-state index >= 15 is 0 Å². The van der Waals surface area contributed by atoms with Gasteiger partial charge >= 0.3 is 5.97 Å². The molecule has 0 spiro atoms. The molecule has 2 heterocycles. The molecular weight excluding hydrogens is 437 g/mol. The molecule has 0 bridgehead atoms. The van der Waals surface area contributed by atoms with E-state index in [-0.39, 0.29) is 40.5 Å². The van der Waals surface area contributed by atoms with Gasteiger partial charge in [0.05, 0.1) is 22.4 Å². The summed E-state index contributed by atoms with van der Waals surface area (Å²) in [6, 6.07) is 14.4. The van der Waals surface area contributed by atoms with E-state index in [2.05, 4.69) is 10.3 Å². The van der Waals surface area contributed by atoms with Crippen molar-refractivity contribution in [2.75, 3.05) is 0 Å². The number of aliphatic carboxylic acids is 1. The largest absolute Gasteiger partial charge is 0.481 e. The first kappa shape index (κ1) is 21.8. The molecule has 2 aromatic carbocycles. The van der Waals surface area contributed by atoms with E-state index < -0.39 is 5.97 Å². The van der Waals surface area contributed by atoms with Crippen molar-refractivity contribution in [1.82, 2.24) is 14.7 Å². The van der Waals surface area contributed by atoms with Crippen LogP contribution >= 0.6 is 0 Å². The van der Waals surface area contributed by atoms with Crippen LogP contribution in [0.4, 0.5) is 4.39 Å². The Morgan fingerprint density at radius 2 is 1.76 bits per heavy atom. The van der Waals surface area contributed by atoms with Crippen LogP contribution in [0.15, 0.2) is 65.6 Å². The first-order chi connectivity index (χ1) is 16.4. The van der Waals surface area contributed by atoms with Crippen LogP contribution in [0.2, 0.25) is 0 Å². The van der Waals surface area contributed by atoms with Crippen molar-refractivity contribution in [2.45, 2.75) is 31.7 Å². The van der Waals surface area contributed by atoms with Crippen LogP contribution in [0.3, 0.4) is 0 Å². The van der Waals surface area contributed by atoms with Crippen LogP contribution in [0.1, 0.15) is 36.0 Å². The highest BCUT2D eigenvalue weighted by atomic mass is 19.1. The molecule has 0 aliphatic heterocycles. The molecule has 1 aliphatic rings. The zero-order valence-corrected chi connectivity index (χ0v) is 18.2. The quantitative estimate of drug-likeness (QED) is 0.449. The highest BCUT2D eigenvalue weighted by Crippen LogP contribution is 2.26. The smallest absolute Gasteiger partial charge is 0.306 e. The number of fused-ring (bicyclic) bond motifs is 2. The van der Waals surface area contributed by atoms with Gasteiger partial charge in [-0.2, -0.15) is 0 Å². The topological polar surface area (TPSA) is 101 Å². The van der Waals surface area contributed by atoms with E-state index in [0.29, 0.717) is 47.7 Å². The maximum Gasteiger partial charge on any atom is 0.306 e. The van der Waals surface area contributed by atoms with Gasteiger partial charge in [0.15, 0.2) is 5.65 Å². The van der Waals surface area contributed by atoms with Gasteiger partial charge in [-0.05, 0) is 73.2 Å². The second-order valence-corrected chi connectivity index (χ2v) is 8.63. The summed E-state index contributed by atoms with van der Waals surface area (Å²) in [6.07, 6.45) is 3.78. The minimum absolute atomic E-state index is 0.121. The van der Waals surface area contributed by atoms with Crippen molar-refractivity contribution in [2.24, 2.45) is 5.92 Å². The summed E-state index contributed by atoms with van der Waals surface area (Å²) in [5, 5.41) is 12.5. The fraction of sp³-hybridized carbons (Fsp3) is 0.231. The number of carbonyl (C=O) groups is 2. The Kier molecular flexibility index (Phi) is 5.57. The van der Waals surface area contributed by atoms with Crippen LogP contribution in [-0.4, -0.2) is 32.4 Å². The number of carbonyl (C=O) groups excluding carboxylic acids is 1. The second kappa shape index (κ2) is 8.70. The normalized spacial score (nSPS) is 18.1. The molecule has 0 atom stereocenters. The number of aromatic nitrogens is 2. The second-order valence-electron chi connectivity index (χ2n) is 8.63. The number of benzene rings is 2. The van der Waals surface area contributed by atoms with Gasteiger partial charge in [-0.3, -0.25) is 18.8 Å². The number of halogens is 1. The number of hydrogen-bond donors (Lipinski definition) is 2. The van der Waals surface area contributed by atoms with E-state index in [1.807, 2.05) is 0 Å². The SMILES string of the molecule is O=C(N[C@H]1CC[C@@H](C(=O)O)CC1)c1cccn2c(=O)c3cc(-c4cccc(F)c4)ccc3nc12. The molecule has 4 aromatic rings. The Bertz CT molecular complexity index is 1490. The van der Waals surface area contributed by atoms with Crippen molar-refractivity contribution in [3.05, 3.63) is 82.5 Å². The Balaban J connectivity index is 1.49. The molecule has 5 rings (SSSR count). The number of pyridine rings is 1. The lowest BCUT2D eigenvalue weighted by Gasteiger charge is -2.26. The van der Waals surface area contributed by atoms with Crippen LogP contribution in [-0.2, 0) is 4.79 Å². The minimum Gasteiger partial charge on any atom is -0.481 e. The molecule has 1 amide bonds. The van der Waals surface area contributed by atoms with Crippen LogP contribution in [0.5, 0.6) is 0 Å². The molecule has 2 aromatic heterocycles. The highest BCUT2D eigenvalue weighted by molar-refractivity contribution is 6.01. The van der Waals surface area contributed by atoms with Gasteiger partial charge < -0.3 is 10.4 Å². The molecular formula is C26H22FN3O4. The van der Waals surface area contributed by atoms with Crippen molar-refractivity contribution >= 4 is 28.4 Å². The number of nitrogens with one attached hydrogen (secondary N) is 1. The average molecular weight is 459 g/mol. The number of hydrogen-bond acceptors (Lipinski definition) is 4. The lowest BCUT2D eigenvalue weighted by atomic mass is 9.86. The Labute approximate surface area is 193 Å². The van der Waals surface area contributed by atoms with Gasteiger partial charge in [0.25, 0.3) is 11.5 Å². The Morgan fingerprint density at radius 3 is 2.50 bits per heavy atom. The zero-order chi connectivity index (χ0) is 23.8. The molecule has 0 saturated heterocycles. The number of carboxylic acid groups (broad SMARTS) is 1. The summed E-state index contributed by atoms with van der Waals surface area (Å²) in [7, 11) is 0. The first-order valence-corrected chi connectivity index (χ1v) is 11.2. The number of rotatable bonds is 4. The van der Waals surface area contributed by atoms with Gasteiger partial charge in [0.1, 0.15) is 5.82 Å². The number of nitrogens with zero attached hydrogens (tertiary/aromatic N) is 2. The minimum atomic E-state index is -0.796.